The summed E-state index contributed by atoms with van der Waals surface area (Å²) in [7, 11) is 0. The lowest BCUT2D eigenvalue weighted by Crippen LogP contribution is -2.30. The molecular weight excluding hydrogens is 375 g/mol. The van der Waals surface area contributed by atoms with Crippen LogP contribution in [0.1, 0.15) is 20.8 Å². The van der Waals surface area contributed by atoms with Gasteiger partial charge in [-0.3, -0.25) is 4.79 Å². The van der Waals surface area contributed by atoms with Crippen LogP contribution >= 0.6 is 0 Å². The van der Waals surface area contributed by atoms with Crippen molar-refractivity contribution in [3.8, 4) is 11.5 Å². The van der Waals surface area contributed by atoms with Crippen molar-refractivity contribution < 1.29 is 13.6 Å². The summed E-state index contributed by atoms with van der Waals surface area (Å²) < 4.78 is 19.0. The third-order valence-electron chi connectivity index (χ3n) is 4.44. The summed E-state index contributed by atoms with van der Waals surface area (Å²) in [4.78, 5) is 26.5. The molecule has 152 valence electrons. The lowest BCUT2D eigenvalue weighted by atomic mass is 10.2. The Bertz CT molecular complexity index is 1020. The number of hydrogen-bond acceptors (Lipinski definition) is 5. The van der Waals surface area contributed by atoms with Crippen molar-refractivity contribution in [3.63, 3.8) is 0 Å². The van der Waals surface area contributed by atoms with Gasteiger partial charge in [0.25, 0.3) is 0 Å². The molecule has 3 rings (SSSR count). The lowest BCUT2D eigenvalue weighted by Gasteiger charge is -2.27. The molecular formula is C21H23FN4O3. The van der Waals surface area contributed by atoms with E-state index in [1.807, 2.05) is 24.3 Å². The normalized spacial score (nSPS) is 10.9. The van der Waals surface area contributed by atoms with E-state index in [4.69, 9.17) is 4.42 Å². The third-order valence-corrected chi connectivity index (χ3v) is 4.44. The molecule has 0 atom stereocenters. The summed E-state index contributed by atoms with van der Waals surface area (Å²) in [5.74, 6) is -1.54. The molecule has 8 heteroatoms. The van der Waals surface area contributed by atoms with E-state index in [1.165, 1.54) is 24.3 Å². The number of anilines is 2. The van der Waals surface area contributed by atoms with Crippen LogP contribution in [0, 0.1) is 5.82 Å². The summed E-state index contributed by atoms with van der Waals surface area (Å²) in [6.07, 6.45) is 0. The van der Waals surface area contributed by atoms with Gasteiger partial charge >= 0.3 is 5.76 Å². The van der Waals surface area contributed by atoms with Gasteiger partial charge in [-0.2, -0.15) is 4.68 Å². The molecule has 3 aromatic rings. The van der Waals surface area contributed by atoms with Gasteiger partial charge in [0.15, 0.2) is 0 Å². The van der Waals surface area contributed by atoms with Gasteiger partial charge in [0.2, 0.25) is 11.8 Å². The predicted octanol–water partition coefficient (Wildman–Crippen LogP) is 3.52. The van der Waals surface area contributed by atoms with Gasteiger partial charge in [0.05, 0.1) is 0 Å². The highest BCUT2D eigenvalue weighted by atomic mass is 19.1. The van der Waals surface area contributed by atoms with Crippen LogP contribution in [0.15, 0.2) is 57.7 Å². The van der Waals surface area contributed by atoms with Crippen molar-refractivity contribution in [1.29, 1.82) is 0 Å². The summed E-state index contributed by atoms with van der Waals surface area (Å²) in [6.45, 7) is 6.92. The molecule has 1 heterocycles. The Morgan fingerprint density at radius 1 is 1.17 bits per heavy atom. The number of carbonyl (C=O) groups is 1. The van der Waals surface area contributed by atoms with Crippen molar-refractivity contribution in [3.05, 3.63) is 64.9 Å². The fourth-order valence-electron chi connectivity index (χ4n) is 3.03. The number of benzene rings is 2. The lowest BCUT2D eigenvalue weighted by molar-refractivity contribution is -0.117. The number of amides is 1. The number of hydrogen-bond donors (Lipinski definition) is 1. The molecule has 2 aromatic carbocycles. The molecule has 1 N–H and O–H groups in total. The van der Waals surface area contributed by atoms with Gasteiger partial charge in [0, 0.05) is 29.5 Å². The Morgan fingerprint density at radius 2 is 1.83 bits per heavy atom. The fraction of sp³-hybridized carbons (Fsp3) is 0.286. The smallest absolute Gasteiger partial charge is 0.388 e. The maximum absolute atomic E-state index is 13.0. The van der Waals surface area contributed by atoms with Gasteiger partial charge in [-0.25, -0.2) is 9.18 Å². The molecule has 0 saturated carbocycles. The van der Waals surface area contributed by atoms with E-state index in [9.17, 15) is 14.0 Å². The molecule has 0 bridgehead atoms. The van der Waals surface area contributed by atoms with Crippen LogP contribution in [0.3, 0.4) is 0 Å². The maximum Gasteiger partial charge on any atom is 0.437 e. The highest BCUT2D eigenvalue weighted by Gasteiger charge is 2.14. The van der Waals surface area contributed by atoms with Gasteiger partial charge in [-0.1, -0.05) is 0 Å². The zero-order valence-electron chi connectivity index (χ0n) is 16.6. The van der Waals surface area contributed by atoms with Crippen molar-refractivity contribution in [2.45, 2.75) is 33.4 Å². The first kappa shape index (κ1) is 20.3. The molecule has 0 aliphatic carbocycles. The number of rotatable bonds is 7. The Balaban J connectivity index is 1.67. The largest absolute Gasteiger partial charge is 0.437 e. The molecule has 0 fully saturated rings. The second kappa shape index (κ2) is 8.72. The quantitative estimate of drug-likeness (QED) is 0.659. The maximum atomic E-state index is 13.0. The zero-order chi connectivity index (χ0) is 21.0. The van der Waals surface area contributed by atoms with E-state index in [2.05, 4.69) is 36.1 Å². The van der Waals surface area contributed by atoms with E-state index in [-0.39, 0.29) is 12.4 Å². The topological polar surface area (TPSA) is 80.4 Å². The minimum absolute atomic E-state index is 0.0282. The molecule has 1 aromatic heterocycles. The van der Waals surface area contributed by atoms with E-state index >= 15 is 0 Å². The summed E-state index contributed by atoms with van der Waals surface area (Å²) >= 11 is 0. The first-order valence-corrected chi connectivity index (χ1v) is 9.38. The fourth-order valence-corrected chi connectivity index (χ4v) is 3.03. The molecule has 0 aliphatic rings. The van der Waals surface area contributed by atoms with Crippen LogP contribution in [0.2, 0.25) is 0 Å². The van der Waals surface area contributed by atoms with Crippen LogP contribution in [0.25, 0.3) is 11.5 Å². The Labute approximate surface area is 167 Å². The predicted molar refractivity (Wildman–Crippen MR) is 109 cm³/mol. The highest BCUT2D eigenvalue weighted by molar-refractivity contribution is 5.90. The second-order valence-electron chi connectivity index (χ2n) is 6.81. The summed E-state index contributed by atoms with van der Waals surface area (Å²) in [5.41, 5.74) is 2.13. The van der Waals surface area contributed by atoms with E-state index < -0.39 is 17.5 Å². The summed E-state index contributed by atoms with van der Waals surface area (Å²) in [5, 5.41) is 6.75. The average molecular weight is 398 g/mol. The highest BCUT2D eigenvalue weighted by Crippen LogP contribution is 2.20. The number of nitrogens with one attached hydrogen (secondary N) is 1. The Hall–Kier alpha value is -3.42. The monoisotopic (exact) mass is 398 g/mol. The molecule has 0 aliphatic heterocycles. The van der Waals surface area contributed by atoms with Gasteiger partial charge in [-0.15, -0.1) is 5.10 Å². The number of nitrogens with zero attached hydrogens (tertiary/aromatic N) is 3. The van der Waals surface area contributed by atoms with Crippen molar-refractivity contribution >= 4 is 17.3 Å². The zero-order valence-corrected chi connectivity index (χ0v) is 16.6. The van der Waals surface area contributed by atoms with E-state index in [0.29, 0.717) is 17.3 Å². The van der Waals surface area contributed by atoms with Crippen LogP contribution in [0.5, 0.6) is 0 Å². The van der Waals surface area contributed by atoms with Gasteiger partial charge in [0.1, 0.15) is 12.4 Å². The van der Waals surface area contributed by atoms with Crippen molar-refractivity contribution in [2.75, 3.05) is 16.8 Å². The Kier molecular flexibility index (Phi) is 6.11. The SMILES string of the molecule is CCN(c1ccc(NC(=O)Cn2nc(-c3ccc(F)cc3)oc2=O)cc1)C(C)C. The van der Waals surface area contributed by atoms with Crippen molar-refractivity contribution in [1.82, 2.24) is 9.78 Å². The minimum Gasteiger partial charge on any atom is -0.388 e. The molecule has 7 nitrogen and oxygen atoms in total. The first-order valence-electron chi connectivity index (χ1n) is 9.38. The molecule has 0 unspecified atom stereocenters. The molecule has 0 saturated heterocycles. The minimum atomic E-state index is -0.759. The molecule has 0 spiro atoms. The van der Waals surface area contributed by atoms with E-state index in [1.54, 1.807) is 0 Å². The third kappa shape index (κ3) is 4.90. The van der Waals surface area contributed by atoms with Crippen LogP contribution in [-0.4, -0.2) is 28.3 Å². The van der Waals surface area contributed by atoms with E-state index in [0.717, 1.165) is 16.9 Å². The first-order chi connectivity index (χ1) is 13.9. The molecule has 0 radical (unpaired) electrons. The van der Waals surface area contributed by atoms with Crippen LogP contribution < -0.4 is 16.0 Å². The average Bonchev–Trinajstić information content (AvgIpc) is 3.04. The number of aromatic nitrogens is 2. The van der Waals surface area contributed by atoms with Gasteiger partial charge in [-0.05, 0) is 69.3 Å². The van der Waals surface area contributed by atoms with Crippen LogP contribution in [0.4, 0.5) is 15.8 Å². The van der Waals surface area contributed by atoms with Crippen molar-refractivity contribution in [2.24, 2.45) is 0 Å². The molecule has 29 heavy (non-hydrogen) atoms. The summed E-state index contributed by atoms with van der Waals surface area (Å²) in [6, 6.07) is 13.2. The Morgan fingerprint density at radius 3 is 2.41 bits per heavy atom. The van der Waals surface area contributed by atoms with Crippen LogP contribution in [-0.2, 0) is 11.3 Å². The number of carbonyl (C=O) groups excluding carboxylic acids is 1. The molecule has 1 amide bonds. The number of halogens is 1. The second-order valence-corrected chi connectivity index (χ2v) is 6.81. The standard InChI is InChI=1S/C21H23FN4O3/c1-4-25(14(2)3)18-11-9-17(10-12-18)23-19(27)13-26-21(28)29-20(24-26)15-5-7-16(22)8-6-15/h5-12,14H,4,13H2,1-3H3,(H,23,27). The van der Waals surface area contributed by atoms with Gasteiger partial charge < -0.3 is 14.6 Å².